The first-order valence-corrected chi connectivity index (χ1v) is 17.9. The molecule has 0 heterocycles. The molecular weight excluding hydrogens is 395 g/mol. The molecular formula is C23H36Sn. The van der Waals surface area contributed by atoms with Gasteiger partial charge >= 0.3 is 155 Å². The van der Waals surface area contributed by atoms with Crippen molar-refractivity contribution >= 4 is 30.5 Å². The van der Waals surface area contributed by atoms with Gasteiger partial charge in [0, 0.05) is 0 Å². The second kappa shape index (κ2) is 10.5. The third kappa shape index (κ3) is 5.79. The molecule has 0 aliphatic heterocycles. The van der Waals surface area contributed by atoms with Crippen LogP contribution in [-0.2, 0) is 6.42 Å². The van der Waals surface area contributed by atoms with Crippen LogP contribution in [0.1, 0.15) is 76.0 Å². The molecule has 0 nitrogen and oxygen atoms in total. The minimum absolute atomic E-state index is 1.12. The third-order valence-electron chi connectivity index (χ3n) is 5.52. The second-order valence-electron chi connectivity index (χ2n) is 7.57. The number of unbranched alkanes of at least 4 members (excludes halogenated alkanes) is 3. The summed E-state index contributed by atoms with van der Waals surface area (Å²) in [6, 6.07) is 7.06. The molecule has 0 radical (unpaired) electrons. The number of benzene rings is 1. The molecule has 24 heavy (non-hydrogen) atoms. The van der Waals surface area contributed by atoms with E-state index in [1.165, 1.54) is 55.2 Å². The summed E-state index contributed by atoms with van der Waals surface area (Å²) in [5, 5.41) is 0. The SMILES string of the molecule is CCC[CH2][Sn](/[CH]=C/c1ccc2c(c1)C=CC2)([CH2]CCC)[CH2]CCC. The number of allylic oxidation sites excluding steroid dienone is 1. The first kappa shape index (κ1) is 19.8. The van der Waals surface area contributed by atoms with Crippen molar-refractivity contribution in [3.63, 3.8) is 0 Å². The Morgan fingerprint density at radius 3 is 2.12 bits per heavy atom. The van der Waals surface area contributed by atoms with E-state index < -0.39 is 18.4 Å². The normalized spacial score (nSPS) is 13.8. The zero-order chi connectivity index (χ0) is 17.3. The summed E-state index contributed by atoms with van der Waals surface area (Å²) in [4.78, 5) is 0. The Balaban J connectivity index is 2.18. The third-order valence-corrected chi connectivity index (χ3v) is 19.6. The van der Waals surface area contributed by atoms with E-state index >= 15 is 0 Å². The molecule has 0 aromatic heterocycles. The Morgan fingerprint density at radius 1 is 0.917 bits per heavy atom. The standard InChI is InChI=1S/C11H9.3C4H9.Sn/c1-2-9-6-7-10-4-3-5-11(10)8-9;3*1-3-4-2;/h1-3,5-8H,4H2;3*1,3-4H2,2H3;. The molecule has 0 saturated heterocycles. The predicted octanol–water partition coefficient (Wildman–Crippen LogP) is 7.66. The van der Waals surface area contributed by atoms with Gasteiger partial charge in [0.1, 0.15) is 0 Å². The number of rotatable bonds is 11. The van der Waals surface area contributed by atoms with Gasteiger partial charge in [-0.25, -0.2) is 0 Å². The van der Waals surface area contributed by atoms with Crippen LogP contribution in [0.2, 0.25) is 13.3 Å². The molecule has 0 bridgehead atoms. The van der Waals surface area contributed by atoms with Crippen molar-refractivity contribution in [1.29, 1.82) is 0 Å². The topological polar surface area (TPSA) is 0 Å². The van der Waals surface area contributed by atoms with Crippen molar-refractivity contribution < 1.29 is 0 Å². The Bertz CT molecular complexity index is 531. The Morgan fingerprint density at radius 2 is 1.54 bits per heavy atom. The van der Waals surface area contributed by atoms with Gasteiger partial charge in [-0.2, -0.15) is 0 Å². The van der Waals surface area contributed by atoms with Gasteiger partial charge in [0.15, 0.2) is 0 Å². The van der Waals surface area contributed by atoms with Crippen LogP contribution in [0.25, 0.3) is 12.2 Å². The molecule has 0 atom stereocenters. The fraction of sp³-hybridized carbons (Fsp3) is 0.565. The van der Waals surface area contributed by atoms with Gasteiger partial charge in [0.05, 0.1) is 0 Å². The van der Waals surface area contributed by atoms with Gasteiger partial charge < -0.3 is 0 Å². The van der Waals surface area contributed by atoms with Gasteiger partial charge in [-0.1, -0.05) is 0 Å². The summed E-state index contributed by atoms with van der Waals surface area (Å²) in [5.74, 6) is 0. The van der Waals surface area contributed by atoms with E-state index in [0.29, 0.717) is 0 Å². The molecule has 0 N–H and O–H groups in total. The van der Waals surface area contributed by atoms with E-state index in [1.54, 1.807) is 13.3 Å². The van der Waals surface area contributed by atoms with Gasteiger partial charge in [0.2, 0.25) is 0 Å². The van der Waals surface area contributed by atoms with Gasteiger partial charge in [0.25, 0.3) is 0 Å². The van der Waals surface area contributed by atoms with Gasteiger partial charge in [-0.05, 0) is 0 Å². The summed E-state index contributed by atoms with van der Waals surface area (Å²) in [6.07, 6.45) is 16.6. The zero-order valence-electron chi connectivity index (χ0n) is 16.1. The fourth-order valence-electron chi connectivity index (χ4n) is 3.86. The molecule has 0 amide bonds. The fourth-order valence-corrected chi connectivity index (χ4v) is 18.0. The summed E-state index contributed by atoms with van der Waals surface area (Å²) >= 11 is -2.12. The summed E-state index contributed by atoms with van der Waals surface area (Å²) in [7, 11) is 0. The summed E-state index contributed by atoms with van der Waals surface area (Å²) in [6.45, 7) is 7.06. The van der Waals surface area contributed by atoms with Gasteiger partial charge in [-0.3, -0.25) is 0 Å². The summed E-state index contributed by atoms with van der Waals surface area (Å²) < 4.78 is 7.47. The Hall–Kier alpha value is -0.501. The molecule has 1 aromatic carbocycles. The summed E-state index contributed by atoms with van der Waals surface area (Å²) in [5.41, 5.74) is 4.35. The van der Waals surface area contributed by atoms with Crippen molar-refractivity contribution in [2.75, 3.05) is 0 Å². The van der Waals surface area contributed by atoms with Crippen molar-refractivity contribution in [3.05, 3.63) is 45.1 Å². The molecule has 1 aromatic rings. The van der Waals surface area contributed by atoms with E-state index in [4.69, 9.17) is 0 Å². The molecule has 132 valence electrons. The molecule has 1 aliphatic rings. The van der Waals surface area contributed by atoms with Crippen LogP contribution in [0.15, 0.2) is 28.4 Å². The van der Waals surface area contributed by atoms with Crippen LogP contribution >= 0.6 is 0 Å². The van der Waals surface area contributed by atoms with E-state index in [-0.39, 0.29) is 0 Å². The van der Waals surface area contributed by atoms with Crippen molar-refractivity contribution in [1.82, 2.24) is 0 Å². The Labute approximate surface area is 154 Å². The van der Waals surface area contributed by atoms with Crippen molar-refractivity contribution in [3.8, 4) is 0 Å². The molecule has 1 heteroatoms. The average Bonchev–Trinajstić information content (AvgIpc) is 3.08. The molecule has 2 rings (SSSR count). The van der Waals surface area contributed by atoms with Crippen LogP contribution in [0.3, 0.4) is 0 Å². The zero-order valence-corrected chi connectivity index (χ0v) is 19.0. The van der Waals surface area contributed by atoms with Crippen LogP contribution in [0.5, 0.6) is 0 Å². The van der Waals surface area contributed by atoms with Crippen molar-refractivity contribution in [2.45, 2.75) is 79.0 Å². The first-order chi connectivity index (χ1) is 11.7. The van der Waals surface area contributed by atoms with E-state index in [1.807, 2.05) is 0 Å². The molecule has 0 saturated carbocycles. The number of fused-ring (bicyclic) bond motifs is 1. The molecule has 0 unspecified atom stereocenters. The van der Waals surface area contributed by atoms with Gasteiger partial charge in [-0.15, -0.1) is 0 Å². The van der Waals surface area contributed by atoms with Crippen LogP contribution in [0, 0.1) is 0 Å². The molecule has 0 spiro atoms. The minimum atomic E-state index is -2.12. The van der Waals surface area contributed by atoms with E-state index in [0.717, 1.165) is 6.42 Å². The van der Waals surface area contributed by atoms with Crippen molar-refractivity contribution in [2.24, 2.45) is 0 Å². The van der Waals surface area contributed by atoms with Crippen LogP contribution in [-0.4, -0.2) is 18.4 Å². The van der Waals surface area contributed by atoms with E-state index in [9.17, 15) is 0 Å². The maximum atomic E-state index is 2.79. The average molecular weight is 431 g/mol. The maximum absolute atomic E-state index is 2.79. The molecule has 0 fully saturated rings. The molecule has 1 aliphatic carbocycles. The van der Waals surface area contributed by atoms with E-state index in [2.05, 4.69) is 61.3 Å². The predicted molar refractivity (Wildman–Crippen MR) is 113 cm³/mol. The monoisotopic (exact) mass is 432 g/mol. The first-order valence-electron chi connectivity index (χ1n) is 10.2. The second-order valence-corrected chi connectivity index (χ2v) is 20.6. The van der Waals surface area contributed by atoms with Crippen LogP contribution < -0.4 is 0 Å². The Kier molecular flexibility index (Phi) is 8.65. The quantitative estimate of drug-likeness (QED) is 0.316. The van der Waals surface area contributed by atoms with Crippen LogP contribution in [0.4, 0.5) is 0 Å². The number of hydrogen-bond acceptors (Lipinski definition) is 0. The number of hydrogen-bond donors (Lipinski definition) is 0.